The third kappa shape index (κ3) is 4.11. The number of hydrogen-bond acceptors (Lipinski definition) is 5. The molecule has 24 heavy (non-hydrogen) atoms. The van der Waals surface area contributed by atoms with Crippen molar-refractivity contribution < 1.29 is 9.53 Å². The van der Waals surface area contributed by atoms with Crippen LogP contribution in [0.15, 0.2) is 24.4 Å². The molecule has 0 aromatic carbocycles. The molecular weight excluding hydrogens is 306 g/mol. The van der Waals surface area contributed by atoms with Crippen LogP contribution in [0, 0.1) is 13.8 Å². The summed E-state index contributed by atoms with van der Waals surface area (Å²) >= 11 is 0. The van der Waals surface area contributed by atoms with Crippen molar-refractivity contribution in [3.63, 3.8) is 0 Å². The topological polar surface area (TPSA) is 72.3 Å². The zero-order chi connectivity index (χ0) is 16.9. The number of nitrogens with zero attached hydrogens (tertiary/aromatic N) is 4. The van der Waals surface area contributed by atoms with E-state index in [4.69, 9.17) is 4.74 Å². The molecule has 0 bridgehead atoms. The second-order valence-electron chi connectivity index (χ2n) is 5.98. The van der Waals surface area contributed by atoms with Gasteiger partial charge in [0, 0.05) is 31.5 Å². The van der Waals surface area contributed by atoms with E-state index >= 15 is 0 Å². The van der Waals surface area contributed by atoms with Crippen molar-refractivity contribution >= 4 is 11.7 Å². The number of morpholine rings is 1. The third-order valence-corrected chi connectivity index (χ3v) is 4.03. The minimum Gasteiger partial charge on any atom is -0.378 e. The van der Waals surface area contributed by atoms with Gasteiger partial charge >= 0.3 is 0 Å². The van der Waals surface area contributed by atoms with E-state index in [2.05, 4.69) is 20.3 Å². The van der Waals surface area contributed by atoms with Crippen LogP contribution in [-0.4, -0.2) is 47.0 Å². The number of ether oxygens (including phenoxy) is 1. The van der Waals surface area contributed by atoms with E-state index in [1.54, 1.807) is 10.9 Å². The monoisotopic (exact) mass is 329 g/mol. The van der Waals surface area contributed by atoms with Crippen LogP contribution in [0.2, 0.25) is 0 Å². The molecule has 7 heteroatoms. The lowest BCUT2D eigenvalue weighted by Crippen LogP contribution is -2.36. The molecule has 1 saturated heterocycles. The van der Waals surface area contributed by atoms with Crippen molar-refractivity contribution in [1.82, 2.24) is 20.1 Å². The van der Waals surface area contributed by atoms with Gasteiger partial charge in [0.2, 0.25) is 5.91 Å². The van der Waals surface area contributed by atoms with Crippen LogP contribution in [-0.2, 0) is 22.6 Å². The molecule has 7 nitrogen and oxygen atoms in total. The number of aromatic nitrogens is 3. The molecule has 1 fully saturated rings. The Labute approximate surface area is 141 Å². The number of carbonyl (C=O) groups excluding carboxylic acids is 1. The first-order chi connectivity index (χ1) is 11.6. The van der Waals surface area contributed by atoms with Crippen LogP contribution in [0.25, 0.3) is 0 Å². The van der Waals surface area contributed by atoms with Crippen molar-refractivity contribution in [1.29, 1.82) is 0 Å². The maximum absolute atomic E-state index is 12.1. The Morgan fingerprint density at radius 3 is 2.79 bits per heavy atom. The summed E-state index contributed by atoms with van der Waals surface area (Å²) in [6, 6.07) is 5.91. The first-order valence-corrected chi connectivity index (χ1v) is 8.17. The molecular formula is C17H23N5O2. The van der Waals surface area contributed by atoms with Crippen LogP contribution < -0.4 is 10.2 Å². The summed E-state index contributed by atoms with van der Waals surface area (Å²) in [6.07, 6.45) is 1.79. The average Bonchev–Trinajstić information content (AvgIpc) is 2.91. The van der Waals surface area contributed by atoms with Crippen molar-refractivity contribution in [3.8, 4) is 0 Å². The number of rotatable bonds is 5. The fourth-order valence-electron chi connectivity index (χ4n) is 2.76. The van der Waals surface area contributed by atoms with Crippen LogP contribution in [0.3, 0.4) is 0 Å². The summed E-state index contributed by atoms with van der Waals surface area (Å²) in [4.78, 5) is 18.7. The van der Waals surface area contributed by atoms with Gasteiger partial charge in [-0.3, -0.25) is 9.48 Å². The molecule has 1 aliphatic heterocycles. The zero-order valence-electron chi connectivity index (χ0n) is 14.2. The standard InChI is InChI=1S/C17H23N5O2/c1-13-9-14(2)22(20-13)12-17(23)19-11-15-3-4-18-16(10-15)21-5-7-24-8-6-21/h3-4,9-10H,5-8,11-12H2,1-2H3,(H,19,23). The molecule has 2 aromatic heterocycles. The highest BCUT2D eigenvalue weighted by Crippen LogP contribution is 2.14. The van der Waals surface area contributed by atoms with Gasteiger partial charge < -0.3 is 15.0 Å². The molecule has 128 valence electrons. The molecule has 1 aliphatic rings. The SMILES string of the molecule is Cc1cc(C)n(CC(=O)NCc2ccnc(N3CCOCC3)c2)n1. The van der Waals surface area contributed by atoms with Gasteiger partial charge in [-0.1, -0.05) is 0 Å². The maximum Gasteiger partial charge on any atom is 0.242 e. The number of anilines is 1. The lowest BCUT2D eigenvalue weighted by molar-refractivity contribution is -0.122. The first kappa shape index (κ1) is 16.4. The minimum absolute atomic E-state index is 0.0501. The van der Waals surface area contributed by atoms with Gasteiger partial charge in [0.1, 0.15) is 12.4 Å². The van der Waals surface area contributed by atoms with Crippen molar-refractivity contribution in [3.05, 3.63) is 41.3 Å². The molecule has 0 aliphatic carbocycles. The third-order valence-electron chi connectivity index (χ3n) is 4.03. The molecule has 2 aromatic rings. The van der Waals surface area contributed by atoms with E-state index in [1.165, 1.54) is 0 Å². The Morgan fingerprint density at radius 2 is 2.08 bits per heavy atom. The molecule has 3 rings (SSSR count). The van der Waals surface area contributed by atoms with Crippen molar-refractivity contribution in [2.45, 2.75) is 26.9 Å². The number of pyridine rings is 1. The summed E-state index contributed by atoms with van der Waals surface area (Å²) in [6.45, 7) is 7.74. The van der Waals surface area contributed by atoms with E-state index in [9.17, 15) is 4.79 Å². The summed E-state index contributed by atoms with van der Waals surface area (Å²) in [5.74, 6) is 0.884. The van der Waals surface area contributed by atoms with Gasteiger partial charge in [0.15, 0.2) is 0 Å². The van der Waals surface area contributed by atoms with Gasteiger partial charge in [-0.2, -0.15) is 5.10 Å². The molecule has 1 amide bonds. The maximum atomic E-state index is 12.1. The normalized spacial score (nSPS) is 14.7. The zero-order valence-corrected chi connectivity index (χ0v) is 14.2. The van der Waals surface area contributed by atoms with Crippen LogP contribution in [0.4, 0.5) is 5.82 Å². The Balaban J connectivity index is 1.56. The highest BCUT2D eigenvalue weighted by Gasteiger charge is 2.13. The lowest BCUT2D eigenvalue weighted by Gasteiger charge is -2.28. The van der Waals surface area contributed by atoms with E-state index in [1.807, 2.05) is 32.0 Å². The summed E-state index contributed by atoms with van der Waals surface area (Å²) in [5.41, 5.74) is 2.94. The quantitative estimate of drug-likeness (QED) is 0.888. The number of aryl methyl sites for hydroxylation is 2. The smallest absolute Gasteiger partial charge is 0.242 e. The van der Waals surface area contributed by atoms with Crippen LogP contribution >= 0.6 is 0 Å². The van der Waals surface area contributed by atoms with E-state index < -0.39 is 0 Å². The fraction of sp³-hybridized carbons (Fsp3) is 0.471. The minimum atomic E-state index is -0.0501. The molecule has 0 saturated carbocycles. The highest BCUT2D eigenvalue weighted by molar-refractivity contribution is 5.75. The number of hydrogen-bond donors (Lipinski definition) is 1. The van der Waals surface area contributed by atoms with Crippen molar-refractivity contribution in [2.24, 2.45) is 0 Å². The van der Waals surface area contributed by atoms with Gasteiger partial charge in [0.05, 0.1) is 18.9 Å². The highest BCUT2D eigenvalue weighted by atomic mass is 16.5. The predicted octanol–water partition coefficient (Wildman–Crippen LogP) is 1.05. The van der Waals surface area contributed by atoms with Gasteiger partial charge in [0.25, 0.3) is 0 Å². The average molecular weight is 329 g/mol. The van der Waals surface area contributed by atoms with Crippen LogP contribution in [0.1, 0.15) is 17.0 Å². The summed E-state index contributed by atoms with van der Waals surface area (Å²) in [5, 5.41) is 7.25. The number of carbonyl (C=O) groups is 1. The molecule has 0 radical (unpaired) electrons. The molecule has 0 spiro atoms. The number of amides is 1. The second-order valence-corrected chi connectivity index (χ2v) is 5.98. The van der Waals surface area contributed by atoms with Gasteiger partial charge in [-0.15, -0.1) is 0 Å². The van der Waals surface area contributed by atoms with Crippen LogP contribution in [0.5, 0.6) is 0 Å². The first-order valence-electron chi connectivity index (χ1n) is 8.17. The molecule has 3 heterocycles. The summed E-state index contributed by atoms with van der Waals surface area (Å²) < 4.78 is 7.08. The molecule has 0 atom stereocenters. The van der Waals surface area contributed by atoms with Gasteiger partial charge in [-0.05, 0) is 37.6 Å². The van der Waals surface area contributed by atoms with E-state index in [0.29, 0.717) is 6.54 Å². The van der Waals surface area contributed by atoms with E-state index in [0.717, 1.165) is 49.1 Å². The Hall–Kier alpha value is -2.41. The Bertz CT molecular complexity index is 707. The fourth-order valence-corrected chi connectivity index (χ4v) is 2.76. The number of nitrogens with one attached hydrogen (secondary N) is 1. The van der Waals surface area contributed by atoms with Crippen molar-refractivity contribution in [2.75, 3.05) is 31.2 Å². The largest absolute Gasteiger partial charge is 0.378 e. The van der Waals surface area contributed by atoms with E-state index in [-0.39, 0.29) is 12.5 Å². The molecule has 0 unspecified atom stereocenters. The Morgan fingerprint density at radius 1 is 1.29 bits per heavy atom. The summed E-state index contributed by atoms with van der Waals surface area (Å²) in [7, 11) is 0. The predicted molar refractivity (Wildman–Crippen MR) is 90.8 cm³/mol. The van der Waals surface area contributed by atoms with Gasteiger partial charge in [-0.25, -0.2) is 4.98 Å². The lowest BCUT2D eigenvalue weighted by atomic mass is 10.2. The second kappa shape index (κ2) is 7.44. The molecule has 1 N–H and O–H groups in total. The Kier molecular flexibility index (Phi) is 5.10.